The van der Waals surface area contributed by atoms with Gasteiger partial charge in [-0.25, -0.2) is 8.42 Å². The molecule has 0 radical (unpaired) electrons. The quantitative estimate of drug-likeness (QED) is 0.694. The molecule has 0 spiro atoms. The van der Waals surface area contributed by atoms with Crippen LogP contribution in [0.4, 0.5) is 0 Å². The highest BCUT2D eigenvalue weighted by Crippen LogP contribution is 2.28. The van der Waals surface area contributed by atoms with E-state index in [-0.39, 0.29) is 18.2 Å². The lowest BCUT2D eigenvalue weighted by Gasteiger charge is -2.32. The number of sulfonamides is 1. The Labute approximate surface area is 161 Å². The second-order valence-electron chi connectivity index (χ2n) is 7.52. The summed E-state index contributed by atoms with van der Waals surface area (Å²) >= 11 is 0. The number of nitrogens with zero attached hydrogens (tertiary/aromatic N) is 2. The molecule has 1 amide bonds. The molecular formula is C19H27N4O3S+. The van der Waals surface area contributed by atoms with E-state index in [1.807, 2.05) is 30.3 Å². The molecule has 146 valence electrons. The number of nitrogens with one attached hydrogen (secondary N) is 2. The molecule has 0 aromatic heterocycles. The highest BCUT2D eigenvalue weighted by atomic mass is 32.2. The first kappa shape index (κ1) is 19.8. The highest BCUT2D eigenvalue weighted by Gasteiger charge is 2.37. The van der Waals surface area contributed by atoms with Gasteiger partial charge in [0.2, 0.25) is 10.0 Å². The van der Waals surface area contributed by atoms with E-state index in [1.165, 1.54) is 4.31 Å². The van der Waals surface area contributed by atoms with E-state index in [4.69, 9.17) is 0 Å². The van der Waals surface area contributed by atoms with E-state index < -0.39 is 15.6 Å². The van der Waals surface area contributed by atoms with Crippen molar-refractivity contribution in [2.45, 2.75) is 37.0 Å². The van der Waals surface area contributed by atoms with Crippen molar-refractivity contribution in [3.8, 4) is 6.07 Å². The lowest BCUT2D eigenvalue weighted by atomic mass is 10.00. The van der Waals surface area contributed by atoms with Crippen LogP contribution in [0.15, 0.2) is 30.3 Å². The zero-order chi connectivity index (χ0) is 19.3. The number of nitriles is 1. The summed E-state index contributed by atoms with van der Waals surface area (Å²) in [5.74, 6) is -0.108. The van der Waals surface area contributed by atoms with Gasteiger partial charge in [0.1, 0.15) is 5.54 Å². The van der Waals surface area contributed by atoms with Gasteiger partial charge in [0, 0.05) is 0 Å². The molecule has 1 aliphatic carbocycles. The second kappa shape index (κ2) is 8.38. The molecule has 1 saturated heterocycles. The predicted molar refractivity (Wildman–Crippen MR) is 101 cm³/mol. The number of amides is 1. The molecule has 0 atom stereocenters. The summed E-state index contributed by atoms with van der Waals surface area (Å²) < 4.78 is 26.7. The average Bonchev–Trinajstić information content (AvgIpc) is 3.11. The van der Waals surface area contributed by atoms with Crippen molar-refractivity contribution in [3.05, 3.63) is 35.9 Å². The van der Waals surface area contributed by atoms with Crippen LogP contribution >= 0.6 is 0 Å². The van der Waals surface area contributed by atoms with Gasteiger partial charge in [-0.2, -0.15) is 9.57 Å². The van der Waals surface area contributed by atoms with Crippen LogP contribution in [-0.2, 0) is 20.6 Å². The number of carbonyl (C=O) groups excluding carboxylic acids is 1. The summed E-state index contributed by atoms with van der Waals surface area (Å²) in [6.07, 6.45) is 3.38. The van der Waals surface area contributed by atoms with Crippen molar-refractivity contribution in [3.63, 3.8) is 0 Å². The monoisotopic (exact) mass is 391 g/mol. The Kier molecular flexibility index (Phi) is 6.15. The van der Waals surface area contributed by atoms with Crippen molar-refractivity contribution in [2.75, 3.05) is 32.7 Å². The van der Waals surface area contributed by atoms with Gasteiger partial charge in [-0.1, -0.05) is 30.3 Å². The molecular weight excluding hydrogens is 364 g/mol. The number of benzene rings is 1. The summed E-state index contributed by atoms with van der Waals surface area (Å²) in [4.78, 5) is 13.4. The smallest absolute Gasteiger partial charge is 0.276 e. The maximum absolute atomic E-state index is 12.6. The van der Waals surface area contributed by atoms with E-state index in [2.05, 4.69) is 11.4 Å². The molecule has 2 N–H and O–H groups in total. The molecule has 2 fully saturated rings. The van der Waals surface area contributed by atoms with E-state index >= 15 is 0 Å². The molecule has 1 aromatic carbocycles. The summed E-state index contributed by atoms with van der Waals surface area (Å²) in [5, 5.41) is 12.3. The lowest BCUT2D eigenvalue weighted by Crippen LogP contribution is -3.16. The number of hydrogen-bond acceptors (Lipinski definition) is 4. The largest absolute Gasteiger partial charge is 0.333 e. The molecule has 0 bridgehead atoms. The fourth-order valence-corrected chi connectivity index (χ4v) is 5.45. The molecule has 1 aromatic rings. The van der Waals surface area contributed by atoms with Crippen LogP contribution < -0.4 is 10.2 Å². The Morgan fingerprint density at radius 3 is 2.41 bits per heavy atom. The SMILES string of the molecule is N#CC1(NC(=O)C[NH+]2CCN(S(=O)(=O)Cc3ccccc3)CC2)CCCC1. The van der Waals surface area contributed by atoms with E-state index in [0.717, 1.165) is 36.1 Å². The molecule has 1 heterocycles. The van der Waals surface area contributed by atoms with Crippen LogP contribution in [0.5, 0.6) is 0 Å². The van der Waals surface area contributed by atoms with Crippen LogP contribution in [0.25, 0.3) is 0 Å². The zero-order valence-electron chi connectivity index (χ0n) is 15.5. The van der Waals surface area contributed by atoms with Crippen LogP contribution in [0, 0.1) is 11.3 Å². The van der Waals surface area contributed by atoms with Crippen molar-refractivity contribution in [2.24, 2.45) is 0 Å². The number of quaternary nitrogens is 1. The van der Waals surface area contributed by atoms with Gasteiger partial charge in [0.05, 0.1) is 38.0 Å². The summed E-state index contributed by atoms with van der Waals surface area (Å²) in [5.41, 5.74) is 0.0854. The molecule has 27 heavy (non-hydrogen) atoms. The molecule has 2 aliphatic rings. The lowest BCUT2D eigenvalue weighted by molar-refractivity contribution is -0.895. The number of rotatable bonds is 6. The summed E-state index contributed by atoms with van der Waals surface area (Å²) in [6.45, 7) is 2.32. The van der Waals surface area contributed by atoms with Crippen molar-refractivity contribution in [1.29, 1.82) is 5.26 Å². The highest BCUT2D eigenvalue weighted by molar-refractivity contribution is 7.88. The van der Waals surface area contributed by atoms with Crippen molar-refractivity contribution in [1.82, 2.24) is 9.62 Å². The Balaban J connectivity index is 1.48. The van der Waals surface area contributed by atoms with Crippen LogP contribution in [-0.4, -0.2) is 56.9 Å². The zero-order valence-corrected chi connectivity index (χ0v) is 16.3. The summed E-state index contributed by atoms with van der Waals surface area (Å²) in [7, 11) is -3.34. The molecule has 1 aliphatic heterocycles. The van der Waals surface area contributed by atoms with Crippen LogP contribution in [0.3, 0.4) is 0 Å². The fourth-order valence-electron chi connectivity index (χ4n) is 3.91. The Morgan fingerprint density at radius 2 is 1.81 bits per heavy atom. The first-order chi connectivity index (χ1) is 12.9. The number of piperazine rings is 1. The van der Waals surface area contributed by atoms with Gasteiger partial charge in [-0.3, -0.25) is 4.79 Å². The van der Waals surface area contributed by atoms with Crippen molar-refractivity contribution < 1.29 is 18.1 Å². The number of hydrogen-bond donors (Lipinski definition) is 2. The Hall–Kier alpha value is -1.95. The first-order valence-corrected chi connectivity index (χ1v) is 11.1. The molecule has 3 rings (SSSR count). The van der Waals surface area contributed by atoms with Crippen LogP contribution in [0.2, 0.25) is 0 Å². The van der Waals surface area contributed by atoms with E-state index in [9.17, 15) is 18.5 Å². The predicted octanol–water partition coefficient (Wildman–Crippen LogP) is -0.331. The minimum Gasteiger partial charge on any atom is -0.333 e. The van der Waals surface area contributed by atoms with E-state index in [1.54, 1.807) is 0 Å². The molecule has 1 saturated carbocycles. The standard InChI is InChI=1S/C19H26N4O3S/c20-16-19(8-4-5-9-19)21-18(24)14-22-10-12-23(13-11-22)27(25,26)15-17-6-2-1-3-7-17/h1-3,6-7H,4-5,8-15H2,(H,21,24)/p+1. The van der Waals surface area contributed by atoms with E-state index in [0.29, 0.717) is 26.2 Å². The molecule has 7 nitrogen and oxygen atoms in total. The first-order valence-electron chi connectivity index (χ1n) is 9.50. The average molecular weight is 392 g/mol. The topological polar surface area (TPSA) is 94.7 Å². The maximum Gasteiger partial charge on any atom is 0.276 e. The third-order valence-corrected chi connectivity index (χ3v) is 7.33. The summed E-state index contributed by atoms with van der Waals surface area (Å²) in [6, 6.07) is 11.4. The van der Waals surface area contributed by atoms with Gasteiger partial charge in [-0.15, -0.1) is 0 Å². The molecule has 0 unspecified atom stereocenters. The van der Waals surface area contributed by atoms with Crippen molar-refractivity contribution >= 4 is 15.9 Å². The van der Waals surface area contributed by atoms with Gasteiger partial charge in [0.15, 0.2) is 6.54 Å². The Bertz CT molecular complexity index is 790. The third-order valence-electron chi connectivity index (χ3n) is 5.48. The Morgan fingerprint density at radius 1 is 1.19 bits per heavy atom. The van der Waals surface area contributed by atoms with Gasteiger partial charge < -0.3 is 10.2 Å². The normalized spacial score (nSPS) is 20.9. The number of carbonyl (C=O) groups is 1. The minimum atomic E-state index is -3.34. The van der Waals surface area contributed by atoms with Gasteiger partial charge in [-0.05, 0) is 31.2 Å². The minimum absolute atomic E-state index is 0.00828. The second-order valence-corrected chi connectivity index (χ2v) is 9.49. The third kappa shape index (κ3) is 5.06. The van der Waals surface area contributed by atoms with Gasteiger partial charge in [0.25, 0.3) is 5.91 Å². The fraction of sp³-hybridized carbons (Fsp3) is 0.579. The molecule has 8 heteroatoms. The maximum atomic E-state index is 12.6. The van der Waals surface area contributed by atoms with Gasteiger partial charge >= 0.3 is 0 Å². The van der Waals surface area contributed by atoms with Crippen LogP contribution in [0.1, 0.15) is 31.2 Å².